The van der Waals surface area contributed by atoms with Gasteiger partial charge in [-0.3, -0.25) is 9.59 Å². The molecule has 0 bridgehead atoms. The number of hydrogen-bond donors (Lipinski definition) is 0. The second-order valence-corrected chi connectivity index (χ2v) is 10.5. The third-order valence-electron chi connectivity index (χ3n) is 7.89. The van der Waals surface area contributed by atoms with Crippen LogP contribution in [0.4, 0.5) is 0 Å². The first-order chi connectivity index (χ1) is 16.9. The van der Waals surface area contributed by atoms with Gasteiger partial charge in [-0.2, -0.15) is 0 Å². The highest BCUT2D eigenvalue weighted by atomic mass is 35.5. The smallest absolute Gasteiger partial charge is 0.249 e. The Morgan fingerprint density at radius 1 is 1.03 bits per heavy atom. The van der Waals surface area contributed by atoms with Crippen molar-refractivity contribution in [1.82, 2.24) is 9.80 Å². The summed E-state index contributed by atoms with van der Waals surface area (Å²) in [6.07, 6.45) is 0. The molecule has 6 rings (SSSR count). The number of benzene rings is 3. The van der Waals surface area contributed by atoms with Gasteiger partial charge in [-0.05, 0) is 43.2 Å². The van der Waals surface area contributed by atoms with Gasteiger partial charge in [0.25, 0.3) is 0 Å². The number of carbonyl (C=O) groups is 2. The van der Waals surface area contributed by atoms with Crippen molar-refractivity contribution >= 4 is 23.4 Å². The molecule has 4 atom stereocenters. The monoisotopic (exact) mass is 486 g/mol. The number of piperazine rings is 1. The predicted octanol–water partition coefficient (Wildman–Crippen LogP) is 5.13. The van der Waals surface area contributed by atoms with Crippen LogP contribution in [0.1, 0.15) is 41.1 Å². The number of nitrogens with zero attached hydrogens (tertiary/aromatic N) is 2. The van der Waals surface area contributed by atoms with Crippen molar-refractivity contribution in [1.29, 1.82) is 0 Å². The molecule has 3 aliphatic heterocycles. The summed E-state index contributed by atoms with van der Waals surface area (Å²) in [4.78, 5) is 31.8. The predicted molar refractivity (Wildman–Crippen MR) is 134 cm³/mol. The van der Waals surface area contributed by atoms with Crippen LogP contribution >= 0.6 is 11.6 Å². The van der Waals surface area contributed by atoms with E-state index in [0.29, 0.717) is 18.2 Å². The molecule has 0 radical (unpaired) electrons. The average molecular weight is 487 g/mol. The second-order valence-electron chi connectivity index (χ2n) is 10.0. The largest absolute Gasteiger partial charge is 0.493 e. The number of carbonyl (C=O) groups excluding carboxylic acids is 2. The van der Waals surface area contributed by atoms with E-state index in [9.17, 15) is 9.59 Å². The summed E-state index contributed by atoms with van der Waals surface area (Å²) in [5, 5.41) is 0.644. The van der Waals surface area contributed by atoms with E-state index in [1.807, 2.05) is 73.3 Å². The van der Waals surface area contributed by atoms with Crippen molar-refractivity contribution in [3.63, 3.8) is 0 Å². The average Bonchev–Trinajstić information content (AvgIpc) is 3.14. The van der Waals surface area contributed by atoms with E-state index >= 15 is 0 Å². The summed E-state index contributed by atoms with van der Waals surface area (Å²) in [5.41, 5.74) is 3.09. The highest BCUT2D eigenvalue weighted by Crippen LogP contribution is 2.59. The molecule has 2 saturated heterocycles. The number of ether oxygens (including phenoxy) is 1. The SMILES string of the molecule is Cc1ccc2c(c1)C1C(CO2)C(c2ccccc2)[C@]2(C)C(=O)N(Cc3ccc(Cl)cc3)CC(=O)N12. The maximum Gasteiger partial charge on any atom is 0.249 e. The van der Waals surface area contributed by atoms with Crippen LogP contribution in [0.5, 0.6) is 5.75 Å². The number of aryl methyl sites for hydroxylation is 1. The Labute approximate surface area is 210 Å². The van der Waals surface area contributed by atoms with Crippen molar-refractivity contribution in [3.05, 3.63) is 100 Å². The lowest BCUT2D eigenvalue weighted by molar-refractivity contribution is -0.164. The van der Waals surface area contributed by atoms with Crippen LogP contribution in [0.3, 0.4) is 0 Å². The second kappa shape index (κ2) is 8.13. The standard InChI is InChI=1S/C29H27ClN2O3/c1-18-8-13-24-22(14-18)27-23(17-35-24)26(20-6-4-3-5-7-20)29(2)28(34)31(16-25(33)32(27)29)15-19-9-11-21(30)12-10-19/h3-14,23,26-27H,15-17H2,1-2H3/t23?,26?,27?,29-/m1/s1. The molecular formula is C29H27ClN2O3. The Kier molecular flexibility index (Phi) is 5.15. The maximum absolute atomic E-state index is 14.3. The van der Waals surface area contributed by atoms with Gasteiger partial charge in [0.15, 0.2) is 0 Å². The minimum Gasteiger partial charge on any atom is -0.493 e. The van der Waals surface area contributed by atoms with Crippen LogP contribution in [-0.4, -0.2) is 40.3 Å². The van der Waals surface area contributed by atoms with E-state index in [-0.39, 0.29) is 36.2 Å². The summed E-state index contributed by atoms with van der Waals surface area (Å²) in [6.45, 7) is 4.89. The number of hydrogen-bond acceptors (Lipinski definition) is 3. The van der Waals surface area contributed by atoms with Gasteiger partial charge in [-0.25, -0.2) is 0 Å². The van der Waals surface area contributed by atoms with Gasteiger partial charge in [0.1, 0.15) is 17.8 Å². The van der Waals surface area contributed by atoms with Crippen LogP contribution in [0.15, 0.2) is 72.8 Å². The number of halogens is 1. The molecule has 6 heteroatoms. The topological polar surface area (TPSA) is 49.9 Å². The third-order valence-corrected chi connectivity index (χ3v) is 8.15. The van der Waals surface area contributed by atoms with Crippen LogP contribution in [0.2, 0.25) is 5.02 Å². The Bertz CT molecular complexity index is 1310. The van der Waals surface area contributed by atoms with Crippen molar-refractivity contribution in [2.75, 3.05) is 13.2 Å². The first kappa shape index (κ1) is 22.2. The molecule has 0 aliphatic carbocycles. The molecule has 2 fully saturated rings. The van der Waals surface area contributed by atoms with Crippen LogP contribution in [0.25, 0.3) is 0 Å². The van der Waals surface area contributed by atoms with Crippen LogP contribution in [-0.2, 0) is 16.1 Å². The first-order valence-electron chi connectivity index (χ1n) is 12.0. The molecular weight excluding hydrogens is 460 g/mol. The number of amides is 2. The summed E-state index contributed by atoms with van der Waals surface area (Å²) in [6, 6.07) is 23.5. The Morgan fingerprint density at radius 3 is 2.51 bits per heavy atom. The van der Waals surface area contributed by atoms with E-state index < -0.39 is 5.54 Å². The van der Waals surface area contributed by atoms with Gasteiger partial charge in [-0.15, -0.1) is 0 Å². The summed E-state index contributed by atoms with van der Waals surface area (Å²) in [5.74, 6) is 0.539. The van der Waals surface area contributed by atoms with Crippen molar-refractivity contribution < 1.29 is 14.3 Å². The van der Waals surface area contributed by atoms with Crippen LogP contribution < -0.4 is 4.74 Å². The summed E-state index contributed by atoms with van der Waals surface area (Å²) < 4.78 is 6.22. The van der Waals surface area contributed by atoms with E-state index in [1.165, 1.54) is 0 Å². The quantitative estimate of drug-likeness (QED) is 0.516. The highest BCUT2D eigenvalue weighted by Gasteiger charge is 2.66. The molecule has 0 saturated carbocycles. The normalized spacial score (nSPS) is 27.2. The molecule has 2 amide bonds. The van der Waals surface area contributed by atoms with Gasteiger partial charge in [0, 0.05) is 29.0 Å². The van der Waals surface area contributed by atoms with E-state index in [1.54, 1.807) is 4.90 Å². The Hall–Kier alpha value is -3.31. The fourth-order valence-corrected chi connectivity index (χ4v) is 6.58. The molecule has 35 heavy (non-hydrogen) atoms. The van der Waals surface area contributed by atoms with E-state index in [0.717, 1.165) is 28.0 Å². The lowest BCUT2D eigenvalue weighted by Gasteiger charge is -2.47. The Morgan fingerprint density at radius 2 is 1.77 bits per heavy atom. The molecule has 3 heterocycles. The molecule has 0 N–H and O–H groups in total. The van der Waals surface area contributed by atoms with E-state index in [2.05, 4.69) is 18.2 Å². The molecule has 3 aromatic carbocycles. The van der Waals surface area contributed by atoms with Gasteiger partial charge >= 0.3 is 0 Å². The molecule has 0 spiro atoms. The zero-order valence-electron chi connectivity index (χ0n) is 19.8. The van der Waals surface area contributed by atoms with Crippen molar-refractivity contribution in [2.24, 2.45) is 5.92 Å². The molecule has 5 nitrogen and oxygen atoms in total. The van der Waals surface area contributed by atoms with Crippen LogP contribution in [0, 0.1) is 12.8 Å². The third kappa shape index (κ3) is 3.36. The molecule has 3 aliphatic rings. The maximum atomic E-state index is 14.3. The van der Waals surface area contributed by atoms with Gasteiger partial charge < -0.3 is 14.5 Å². The minimum atomic E-state index is -1.02. The zero-order valence-corrected chi connectivity index (χ0v) is 20.5. The van der Waals surface area contributed by atoms with Crippen molar-refractivity contribution in [2.45, 2.75) is 37.9 Å². The van der Waals surface area contributed by atoms with Crippen molar-refractivity contribution in [3.8, 4) is 5.75 Å². The minimum absolute atomic E-state index is 0.0236. The van der Waals surface area contributed by atoms with Gasteiger partial charge in [0.05, 0.1) is 12.6 Å². The van der Waals surface area contributed by atoms with E-state index in [4.69, 9.17) is 16.3 Å². The number of rotatable bonds is 3. The Balaban J connectivity index is 1.48. The van der Waals surface area contributed by atoms with Gasteiger partial charge in [0.2, 0.25) is 11.8 Å². The summed E-state index contributed by atoms with van der Waals surface area (Å²) >= 11 is 6.06. The number of fused-ring (bicyclic) bond motifs is 5. The van der Waals surface area contributed by atoms with Gasteiger partial charge in [-0.1, -0.05) is 71.8 Å². The highest BCUT2D eigenvalue weighted by molar-refractivity contribution is 6.30. The first-order valence-corrected chi connectivity index (χ1v) is 12.4. The fraction of sp³-hybridized carbons (Fsp3) is 0.310. The zero-order chi connectivity index (χ0) is 24.3. The lowest BCUT2D eigenvalue weighted by atomic mass is 9.73. The molecule has 0 aromatic heterocycles. The molecule has 178 valence electrons. The lowest BCUT2D eigenvalue weighted by Crippen LogP contribution is -2.65. The molecule has 3 aromatic rings. The molecule has 3 unspecified atom stereocenters. The fourth-order valence-electron chi connectivity index (χ4n) is 6.45. The summed E-state index contributed by atoms with van der Waals surface area (Å²) in [7, 11) is 0.